The molecule has 1 fully saturated rings. The molecule has 0 atom stereocenters. The Hall–Kier alpha value is -3.75. The number of carbonyl (C=O) groups excluding carboxylic acids is 2. The molecule has 2 aromatic heterocycles. The molecule has 0 radical (unpaired) electrons. The van der Waals surface area contributed by atoms with Gasteiger partial charge in [-0.2, -0.15) is 0 Å². The van der Waals surface area contributed by atoms with E-state index in [-0.39, 0.29) is 29.3 Å². The smallest absolute Gasteiger partial charge is 0.272 e. The number of benzene rings is 1. The van der Waals surface area contributed by atoms with Crippen LogP contribution in [0.4, 0.5) is 21.6 Å². The fourth-order valence-corrected chi connectivity index (χ4v) is 5.08. The van der Waals surface area contributed by atoms with Gasteiger partial charge in [-0.15, -0.1) is 16.3 Å². The highest BCUT2D eigenvalue weighted by Gasteiger charge is 2.50. The molecule has 4 rings (SSSR count). The maximum Gasteiger partial charge on any atom is 0.272 e. The molecule has 3 heterocycles. The van der Waals surface area contributed by atoms with E-state index in [9.17, 15) is 9.59 Å². The van der Waals surface area contributed by atoms with Crippen LogP contribution in [0.25, 0.3) is 4.85 Å². The lowest BCUT2D eigenvalue weighted by atomic mass is 10.0. The summed E-state index contributed by atoms with van der Waals surface area (Å²) in [5.74, 6) is -0.898. The number of aromatic nitrogens is 2. The molecule has 11 heteroatoms. The molecule has 3 aromatic rings. The van der Waals surface area contributed by atoms with Crippen LogP contribution < -0.4 is 15.1 Å². The van der Waals surface area contributed by atoms with E-state index in [2.05, 4.69) is 20.1 Å². The number of amides is 2. The van der Waals surface area contributed by atoms with Crippen LogP contribution in [-0.2, 0) is 11.3 Å². The third-order valence-corrected chi connectivity index (χ3v) is 7.05. The van der Waals surface area contributed by atoms with Gasteiger partial charge in [-0.3, -0.25) is 14.5 Å². The number of pyridine rings is 1. The van der Waals surface area contributed by atoms with Crippen LogP contribution in [0.2, 0.25) is 0 Å². The van der Waals surface area contributed by atoms with Gasteiger partial charge in [0.1, 0.15) is 22.4 Å². The zero-order valence-electron chi connectivity index (χ0n) is 19.4. The molecule has 2 amide bonds. The molecule has 178 valence electrons. The van der Waals surface area contributed by atoms with Gasteiger partial charge in [-0.05, 0) is 63.7 Å². The van der Waals surface area contributed by atoms with Gasteiger partial charge < -0.3 is 15.1 Å². The minimum absolute atomic E-state index is 0.000467. The second-order valence-electron chi connectivity index (χ2n) is 8.49. The molecule has 1 aromatic carbocycles. The average molecular weight is 509 g/mol. The predicted octanol–water partition coefficient (Wildman–Crippen LogP) is 4.69. The van der Waals surface area contributed by atoms with Crippen LogP contribution in [0.3, 0.4) is 0 Å². The van der Waals surface area contributed by atoms with E-state index in [0.717, 1.165) is 0 Å². The number of thiazole rings is 1. The monoisotopic (exact) mass is 508 g/mol. The largest absolute Gasteiger partial charge is 0.360 e. The van der Waals surface area contributed by atoms with Gasteiger partial charge in [-0.25, -0.2) is 9.37 Å². The number of carbonyl (C=O) groups is 2. The van der Waals surface area contributed by atoms with E-state index in [1.54, 1.807) is 56.3 Å². The molecule has 0 spiro atoms. The first-order valence-corrected chi connectivity index (χ1v) is 11.8. The highest BCUT2D eigenvalue weighted by atomic mass is 32.1. The first-order chi connectivity index (χ1) is 16.6. The van der Waals surface area contributed by atoms with Gasteiger partial charge in [0.25, 0.3) is 17.6 Å². The number of hydrogen-bond donors (Lipinski definition) is 1. The molecule has 1 aliphatic heterocycles. The van der Waals surface area contributed by atoms with Crippen LogP contribution in [0, 0.1) is 26.2 Å². The van der Waals surface area contributed by atoms with Crippen LogP contribution >= 0.6 is 23.6 Å². The van der Waals surface area contributed by atoms with Crippen molar-refractivity contribution >= 4 is 57.7 Å². The maximum atomic E-state index is 15.0. The molecule has 0 unspecified atom stereocenters. The molecular weight excluding hydrogens is 487 g/mol. The SMILES string of the molecule is [C-]#[N+]c1ncc(N2C(=O)C(C)(C)N(c3ccc(CNC(=O)c4scnc4C)c(F)c3)C2=S)cc1C. The zero-order chi connectivity index (χ0) is 25.5. The average Bonchev–Trinajstić information content (AvgIpc) is 3.31. The number of nitrogens with zero attached hydrogens (tertiary/aromatic N) is 5. The van der Waals surface area contributed by atoms with Crippen LogP contribution in [-0.4, -0.2) is 32.4 Å². The van der Waals surface area contributed by atoms with Gasteiger partial charge in [0.05, 0.1) is 16.9 Å². The summed E-state index contributed by atoms with van der Waals surface area (Å²) in [7, 11) is 0. The maximum absolute atomic E-state index is 15.0. The normalized spacial score (nSPS) is 14.9. The van der Waals surface area contributed by atoms with Crippen molar-refractivity contribution in [2.45, 2.75) is 39.8 Å². The standard InChI is InChI=1S/C24H21FN6O2S2/c1-13-8-17(11-27-20(13)26-5)30-22(33)24(3,4)31(23(30)34)16-7-6-15(18(25)9-16)10-28-21(32)19-14(2)29-12-35-19/h6-9,11-12H,10H2,1-4H3,(H,28,32). The zero-order valence-corrected chi connectivity index (χ0v) is 21.1. The molecule has 0 saturated carbocycles. The van der Waals surface area contributed by atoms with Crippen molar-refractivity contribution in [2.75, 3.05) is 9.80 Å². The molecule has 0 aliphatic carbocycles. The molecule has 1 aliphatic rings. The summed E-state index contributed by atoms with van der Waals surface area (Å²) < 4.78 is 15.0. The lowest BCUT2D eigenvalue weighted by molar-refractivity contribution is -0.120. The molecule has 8 nitrogen and oxygen atoms in total. The number of hydrogen-bond acceptors (Lipinski definition) is 6. The fraction of sp³-hybridized carbons (Fsp3) is 0.250. The molecule has 35 heavy (non-hydrogen) atoms. The highest BCUT2D eigenvalue weighted by Crippen LogP contribution is 2.37. The van der Waals surface area contributed by atoms with E-state index in [0.29, 0.717) is 33.1 Å². The van der Waals surface area contributed by atoms with E-state index in [4.69, 9.17) is 18.8 Å². The Morgan fingerprint density at radius 2 is 2.00 bits per heavy atom. The molecule has 1 N–H and O–H groups in total. The third-order valence-electron chi connectivity index (χ3n) is 5.75. The molecular formula is C24H21FN6O2S2. The van der Waals surface area contributed by atoms with Gasteiger partial charge in [0, 0.05) is 17.8 Å². The van der Waals surface area contributed by atoms with Crippen molar-refractivity contribution in [1.29, 1.82) is 0 Å². The summed E-state index contributed by atoms with van der Waals surface area (Å²) in [6.45, 7) is 14.1. The Labute approximate surface area is 211 Å². The van der Waals surface area contributed by atoms with E-state index >= 15 is 4.39 Å². The number of thiocarbonyl (C=S) groups is 1. The second-order valence-corrected chi connectivity index (χ2v) is 9.71. The quantitative estimate of drug-likeness (QED) is 0.398. The van der Waals surface area contributed by atoms with Crippen LogP contribution in [0.15, 0.2) is 36.0 Å². The topological polar surface area (TPSA) is 82.8 Å². The number of nitrogens with one attached hydrogen (secondary N) is 1. The molecule has 0 bridgehead atoms. The van der Waals surface area contributed by atoms with Crippen molar-refractivity contribution in [1.82, 2.24) is 15.3 Å². The Kier molecular flexibility index (Phi) is 6.36. The minimum atomic E-state index is -1.09. The van der Waals surface area contributed by atoms with Crippen LogP contribution in [0.5, 0.6) is 0 Å². The lowest BCUT2D eigenvalue weighted by Crippen LogP contribution is -2.44. The fourth-order valence-electron chi connectivity index (χ4n) is 3.84. The summed E-state index contributed by atoms with van der Waals surface area (Å²) in [5.41, 5.74) is 2.89. The van der Waals surface area contributed by atoms with Crippen molar-refractivity contribution in [3.05, 3.63) is 74.9 Å². The van der Waals surface area contributed by atoms with Gasteiger partial charge in [-0.1, -0.05) is 12.6 Å². The summed E-state index contributed by atoms with van der Waals surface area (Å²) in [6.07, 6.45) is 1.43. The first-order valence-electron chi connectivity index (χ1n) is 10.6. The summed E-state index contributed by atoms with van der Waals surface area (Å²) in [4.78, 5) is 40.6. The minimum Gasteiger partial charge on any atom is -0.360 e. The summed E-state index contributed by atoms with van der Waals surface area (Å²) >= 11 is 6.86. The van der Waals surface area contributed by atoms with Crippen LogP contribution in [0.1, 0.15) is 40.3 Å². The van der Waals surface area contributed by atoms with Crippen molar-refractivity contribution in [3.8, 4) is 0 Å². The Morgan fingerprint density at radius 3 is 2.60 bits per heavy atom. The second kappa shape index (κ2) is 9.13. The highest BCUT2D eigenvalue weighted by molar-refractivity contribution is 7.81. The van der Waals surface area contributed by atoms with Gasteiger partial charge >= 0.3 is 0 Å². The van der Waals surface area contributed by atoms with E-state index in [1.807, 2.05) is 0 Å². The third kappa shape index (κ3) is 4.26. The Morgan fingerprint density at radius 1 is 1.26 bits per heavy atom. The van der Waals surface area contributed by atoms with Crippen molar-refractivity contribution < 1.29 is 14.0 Å². The van der Waals surface area contributed by atoms with Gasteiger partial charge in [0.15, 0.2) is 5.11 Å². The predicted molar refractivity (Wildman–Crippen MR) is 136 cm³/mol. The summed E-state index contributed by atoms with van der Waals surface area (Å²) in [5, 5.41) is 2.89. The van der Waals surface area contributed by atoms with Crippen molar-refractivity contribution in [3.63, 3.8) is 0 Å². The Balaban J connectivity index is 1.59. The number of aryl methyl sites for hydroxylation is 2. The van der Waals surface area contributed by atoms with Crippen molar-refractivity contribution in [2.24, 2.45) is 0 Å². The van der Waals surface area contributed by atoms with E-state index in [1.165, 1.54) is 28.5 Å². The lowest BCUT2D eigenvalue weighted by Gasteiger charge is -2.29. The number of anilines is 2. The Bertz CT molecular complexity index is 1410. The number of halogens is 1. The summed E-state index contributed by atoms with van der Waals surface area (Å²) in [6, 6.07) is 6.21. The molecule has 1 saturated heterocycles. The number of rotatable bonds is 5. The van der Waals surface area contributed by atoms with Gasteiger partial charge in [0.2, 0.25) is 0 Å². The van der Waals surface area contributed by atoms with E-state index < -0.39 is 11.4 Å². The first kappa shape index (κ1) is 24.4.